The Kier molecular flexibility index (Phi) is 3.95. The summed E-state index contributed by atoms with van der Waals surface area (Å²) in [5, 5.41) is 9.84. The Morgan fingerprint density at radius 3 is 2.26 bits per heavy atom. The van der Waals surface area contributed by atoms with E-state index in [-0.39, 0.29) is 0 Å². The fourth-order valence-corrected chi connectivity index (χ4v) is 3.40. The molecule has 1 aromatic carbocycles. The molecule has 1 aliphatic rings. The van der Waals surface area contributed by atoms with E-state index < -0.39 is 17.0 Å². The van der Waals surface area contributed by atoms with Gasteiger partial charge < -0.3 is 9.84 Å². The SMILES string of the molecule is COC(C)(c1ccccc1)C1(C(=O)O)CCCCC1. The van der Waals surface area contributed by atoms with Crippen LogP contribution in [0.25, 0.3) is 0 Å². The van der Waals surface area contributed by atoms with Crippen LogP contribution in [0.5, 0.6) is 0 Å². The second kappa shape index (κ2) is 5.33. The molecule has 104 valence electrons. The van der Waals surface area contributed by atoms with Gasteiger partial charge >= 0.3 is 5.97 Å². The molecule has 3 heteroatoms. The Bertz CT molecular complexity index is 435. The van der Waals surface area contributed by atoms with Crippen LogP contribution in [0.4, 0.5) is 0 Å². The van der Waals surface area contributed by atoms with Gasteiger partial charge in [0.05, 0.1) is 0 Å². The zero-order valence-corrected chi connectivity index (χ0v) is 11.7. The van der Waals surface area contributed by atoms with Crippen LogP contribution in [0.1, 0.15) is 44.6 Å². The van der Waals surface area contributed by atoms with Gasteiger partial charge in [-0.1, -0.05) is 49.6 Å². The first-order valence-corrected chi connectivity index (χ1v) is 6.91. The van der Waals surface area contributed by atoms with Gasteiger partial charge in [0.1, 0.15) is 11.0 Å². The van der Waals surface area contributed by atoms with Gasteiger partial charge in [0.2, 0.25) is 0 Å². The van der Waals surface area contributed by atoms with E-state index in [4.69, 9.17) is 4.74 Å². The highest BCUT2D eigenvalue weighted by molar-refractivity contribution is 5.77. The summed E-state index contributed by atoms with van der Waals surface area (Å²) in [5.41, 5.74) is -0.649. The van der Waals surface area contributed by atoms with E-state index in [1.165, 1.54) is 0 Å². The molecule has 1 aliphatic carbocycles. The van der Waals surface area contributed by atoms with Crippen molar-refractivity contribution in [2.45, 2.75) is 44.6 Å². The third kappa shape index (κ3) is 2.16. The van der Waals surface area contributed by atoms with Crippen molar-refractivity contribution in [1.82, 2.24) is 0 Å². The summed E-state index contributed by atoms with van der Waals surface area (Å²) in [7, 11) is 1.62. The van der Waals surface area contributed by atoms with Crippen LogP contribution in [0.15, 0.2) is 30.3 Å². The lowest BCUT2D eigenvalue weighted by atomic mass is 9.61. The number of hydrogen-bond donors (Lipinski definition) is 1. The highest BCUT2D eigenvalue weighted by Crippen LogP contribution is 2.51. The van der Waals surface area contributed by atoms with E-state index in [1.807, 2.05) is 37.3 Å². The Labute approximate surface area is 114 Å². The quantitative estimate of drug-likeness (QED) is 0.902. The van der Waals surface area contributed by atoms with Crippen molar-refractivity contribution >= 4 is 5.97 Å². The molecule has 19 heavy (non-hydrogen) atoms. The Morgan fingerprint density at radius 2 is 1.79 bits per heavy atom. The topological polar surface area (TPSA) is 46.5 Å². The molecule has 0 bridgehead atoms. The van der Waals surface area contributed by atoms with Crippen LogP contribution < -0.4 is 0 Å². The number of methoxy groups -OCH3 is 1. The van der Waals surface area contributed by atoms with Gasteiger partial charge in [-0.05, 0) is 25.3 Å². The highest BCUT2D eigenvalue weighted by atomic mass is 16.5. The molecule has 0 amide bonds. The lowest BCUT2D eigenvalue weighted by Gasteiger charge is -2.47. The van der Waals surface area contributed by atoms with Gasteiger partial charge in [-0.15, -0.1) is 0 Å². The number of carboxylic acid groups (broad SMARTS) is 1. The number of benzene rings is 1. The Morgan fingerprint density at radius 1 is 1.21 bits per heavy atom. The Balaban J connectivity index is 2.51. The maximum Gasteiger partial charge on any atom is 0.312 e. The molecule has 0 aliphatic heterocycles. The minimum absolute atomic E-state index is 0.682. The van der Waals surface area contributed by atoms with Crippen LogP contribution in [0.3, 0.4) is 0 Å². The maximum atomic E-state index is 12.0. The Hall–Kier alpha value is -1.35. The lowest BCUT2D eigenvalue weighted by molar-refractivity contribution is -0.181. The van der Waals surface area contributed by atoms with Crippen LogP contribution in [0, 0.1) is 5.41 Å². The van der Waals surface area contributed by atoms with Crippen molar-refractivity contribution in [3.05, 3.63) is 35.9 Å². The zero-order valence-electron chi connectivity index (χ0n) is 11.7. The normalized spacial score (nSPS) is 21.6. The molecule has 1 atom stereocenters. The molecule has 3 nitrogen and oxygen atoms in total. The average molecular weight is 262 g/mol. The summed E-state index contributed by atoms with van der Waals surface area (Å²) in [4.78, 5) is 12.0. The summed E-state index contributed by atoms with van der Waals surface area (Å²) >= 11 is 0. The minimum Gasteiger partial charge on any atom is -0.481 e. The number of aliphatic carboxylic acids is 1. The first-order chi connectivity index (χ1) is 9.07. The van der Waals surface area contributed by atoms with E-state index in [2.05, 4.69) is 0 Å². The lowest BCUT2D eigenvalue weighted by Crippen LogP contribution is -2.51. The molecule has 1 fully saturated rings. The fraction of sp³-hybridized carbons (Fsp3) is 0.562. The summed E-state index contributed by atoms with van der Waals surface area (Å²) in [6.07, 6.45) is 4.39. The van der Waals surface area contributed by atoms with E-state index in [9.17, 15) is 9.90 Å². The summed E-state index contributed by atoms with van der Waals surface area (Å²) in [6, 6.07) is 9.73. The number of rotatable bonds is 4. The first-order valence-electron chi connectivity index (χ1n) is 6.91. The van der Waals surface area contributed by atoms with Gasteiger partial charge in [0, 0.05) is 7.11 Å². The maximum absolute atomic E-state index is 12.0. The number of hydrogen-bond acceptors (Lipinski definition) is 2. The van der Waals surface area contributed by atoms with E-state index in [0.717, 1.165) is 24.8 Å². The fourth-order valence-electron chi connectivity index (χ4n) is 3.40. The van der Waals surface area contributed by atoms with Gasteiger partial charge in [0.15, 0.2) is 0 Å². The van der Waals surface area contributed by atoms with Crippen LogP contribution in [-0.2, 0) is 15.1 Å². The molecule has 0 aromatic heterocycles. The molecule has 0 spiro atoms. The number of carbonyl (C=O) groups is 1. The molecule has 0 saturated heterocycles. The minimum atomic E-state index is -0.818. The standard InChI is InChI=1S/C16H22O3/c1-15(19-2,13-9-5-3-6-10-13)16(14(17)18)11-7-4-8-12-16/h3,5-6,9-10H,4,7-8,11-12H2,1-2H3,(H,17,18). The molecule has 2 rings (SSSR count). The van der Waals surface area contributed by atoms with Crippen molar-refractivity contribution in [3.63, 3.8) is 0 Å². The van der Waals surface area contributed by atoms with Crippen LogP contribution >= 0.6 is 0 Å². The van der Waals surface area contributed by atoms with E-state index in [1.54, 1.807) is 7.11 Å². The second-order valence-corrected chi connectivity index (χ2v) is 5.55. The van der Waals surface area contributed by atoms with E-state index >= 15 is 0 Å². The van der Waals surface area contributed by atoms with Gasteiger partial charge in [-0.3, -0.25) is 4.79 Å². The average Bonchev–Trinajstić information content (AvgIpc) is 2.47. The molecule has 1 saturated carbocycles. The smallest absolute Gasteiger partial charge is 0.312 e. The molecular formula is C16H22O3. The second-order valence-electron chi connectivity index (χ2n) is 5.55. The van der Waals surface area contributed by atoms with E-state index in [0.29, 0.717) is 12.8 Å². The van der Waals surface area contributed by atoms with Crippen molar-refractivity contribution in [1.29, 1.82) is 0 Å². The summed E-state index contributed by atoms with van der Waals surface area (Å²) in [6.45, 7) is 1.92. The molecule has 1 unspecified atom stereocenters. The first kappa shape index (κ1) is 14.1. The molecule has 1 aromatic rings. The summed E-state index contributed by atoms with van der Waals surface area (Å²) < 4.78 is 5.75. The van der Waals surface area contributed by atoms with Crippen molar-refractivity contribution in [2.75, 3.05) is 7.11 Å². The monoisotopic (exact) mass is 262 g/mol. The van der Waals surface area contributed by atoms with Crippen molar-refractivity contribution in [2.24, 2.45) is 5.41 Å². The number of ether oxygens (including phenoxy) is 1. The molecule has 1 N–H and O–H groups in total. The predicted octanol–water partition coefficient (Wildman–Crippen LogP) is 3.58. The molecule has 0 radical (unpaired) electrons. The van der Waals surface area contributed by atoms with Crippen molar-refractivity contribution < 1.29 is 14.6 Å². The van der Waals surface area contributed by atoms with Crippen molar-refractivity contribution in [3.8, 4) is 0 Å². The zero-order chi connectivity index (χ0) is 13.9. The number of carboxylic acids is 1. The van der Waals surface area contributed by atoms with Gasteiger partial charge in [-0.2, -0.15) is 0 Å². The molecule has 0 heterocycles. The van der Waals surface area contributed by atoms with Gasteiger partial charge in [-0.25, -0.2) is 0 Å². The van der Waals surface area contributed by atoms with Crippen LogP contribution in [0.2, 0.25) is 0 Å². The third-order valence-corrected chi connectivity index (χ3v) is 4.76. The highest BCUT2D eigenvalue weighted by Gasteiger charge is 2.55. The largest absolute Gasteiger partial charge is 0.481 e. The molecular weight excluding hydrogens is 240 g/mol. The van der Waals surface area contributed by atoms with Gasteiger partial charge in [0.25, 0.3) is 0 Å². The predicted molar refractivity (Wildman–Crippen MR) is 74.0 cm³/mol. The van der Waals surface area contributed by atoms with Crippen LogP contribution in [-0.4, -0.2) is 18.2 Å². The summed E-state index contributed by atoms with van der Waals surface area (Å²) in [5.74, 6) is -0.736. The third-order valence-electron chi connectivity index (χ3n) is 4.76.